The van der Waals surface area contributed by atoms with Crippen molar-refractivity contribution in [3.05, 3.63) is 64.2 Å². The summed E-state index contributed by atoms with van der Waals surface area (Å²) in [6, 6.07) is 14.1. The highest BCUT2D eigenvalue weighted by molar-refractivity contribution is 5.96. The summed E-state index contributed by atoms with van der Waals surface area (Å²) in [5, 5.41) is 10.7. The lowest BCUT2D eigenvalue weighted by molar-refractivity contribution is -0.384. The molecule has 1 amide bonds. The van der Waals surface area contributed by atoms with Crippen molar-refractivity contribution in [2.75, 3.05) is 23.4 Å². The third kappa shape index (κ3) is 4.35. The second kappa shape index (κ2) is 7.79. The molecule has 0 heterocycles. The van der Waals surface area contributed by atoms with Gasteiger partial charge in [-0.2, -0.15) is 0 Å². The Kier molecular flexibility index (Phi) is 5.75. The minimum atomic E-state index is -0.454. The van der Waals surface area contributed by atoms with Crippen LogP contribution >= 0.6 is 0 Å². The number of benzene rings is 2. The highest BCUT2D eigenvalue weighted by Crippen LogP contribution is 2.23. The Morgan fingerprint density at radius 2 is 1.72 bits per heavy atom. The van der Waals surface area contributed by atoms with E-state index in [9.17, 15) is 14.9 Å². The van der Waals surface area contributed by atoms with E-state index in [1.165, 1.54) is 17.0 Å². The highest BCUT2D eigenvalue weighted by atomic mass is 16.6. The molecule has 0 saturated carbocycles. The van der Waals surface area contributed by atoms with Crippen LogP contribution in [0.15, 0.2) is 48.5 Å². The van der Waals surface area contributed by atoms with Crippen molar-refractivity contribution in [2.45, 2.75) is 26.8 Å². The second-order valence-corrected chi connectivity index (χ2v) is 6.23. The molecule has 2 aromatic carbocycles. The summed E-state index contributed by atoms with van der Waals surface area (Å²) in [6.07, 6.45) is 0. The number of carbonyl (C=O) groups is 1. The van der Waals surface area contributed by atoms with Crippen molar-refractivity contribution in [3.63, 3.8) is 0 Å². The smallest absolute Gasteiger partial charge is 0.269 e. The summed E-state index contributed by atoms with van der Waals surface area (Å²) < 4.78 is 0. The standard InChI is InChI=1S/C19H23N3O3/c1-14(2)21(18-8-6-5-7-15(18)3)13-19(23)20(4)16-9-11-17(12-10-16)22(24)25/h5-12,14H,13H2,1-4H3. The van der Waals surface area contributed by atoms with Crippen molar-refractivity contribution in [3.8, 4) is 0 Å². The van der Waals surface area contributed by atoms with Gasteiger partial charge < -0.3 is 9.80 Å². The summed E-state index contributed by atoms with van der Waals surface area (Å²) >= 11 is 0. The molecule has 0 fully saturated rings. The first-order chi connectivity index (χ1) is 11.8. The summed E-state index contributed by atoms with van der Waals surface area (Å²) in [4.78, 5) is 26.6. The Labute approximate surface area is 147 Å². The predicted molar refractivity (Wildman–Crippen MR) is 100 cm³/mol. The fourth-order valence-electron chi connectivity index (χ4n) is 2.63. The number of likely N-dealkylation sites (N-methyl/N-ethyl adjacent to an activating group) is 1. The minimum Gasteiger partial charge on any atom is -0.360 e. The first-order valence-corrected chi connectivity index (χ1v) is 8.14. The van der Waals surface area contributed by atoms with Crippen molar-refractivity contribution in [1.82, 2.24) is 0 Å². The average Bonchev–Trinajstić information content (AvgIpc) is 2.59. The number of nitrogens with zero attached hydrogens (tertiary/aromatic N) is 3. The van der Waals surface area contributed by atoms with Gasteiger partial charge in [0.05, 0.1) is 11.5 Å². The number of nitro groups is 1. The van der Waals surface area contributed by atoms with Crippen LogP contribution in [0, 0.1) is 17.0 Å². The first-order valence-electron chi connectivity index (χ1n) is 8.14. The fourth-order valence-corrected chi connectivity index (χ4v) is 2.63. The Bertz CT molecular complexity index is 757. The number of carbonyl (C=O) groups excluding carboxylic acids is 1. The van der Waals surface area contributed by atoms with E-state index >= 15 is 0 Å². The molecule has 0 unspecified atom stereocenters. The maximum atomic E-state index is 12.7. The summed E-state index contributed by atoms with van der Waals surface area (Å²) in [7, 11) is 1.68. The van der Waals surface area contributed by atoms with Crippen LogP contribution in [0.3, 0.4) is 0 Å². The molecule has 0 aliphatic heterocycles. The topological polar surface area (TPSA) is 66.7 Å². The molecule has 0 radical (unpaired) electrons. The number of hydrogen-bond donors (Lipinski definition) is 0. The van der Waals surface area contributed by atoms with E-state index in [-0.39, 0.29) is 24.2 Å². The maximum absolute atomic E-state index is 12.7. The third-order valence-corrected chi connectivity index (χ3v) is 4.18. The fraction of sp³-hybridized carbons (Fsp3) is 0.316. The molecule has 25 heavy (non-hydrogen) atoms. The van der Waals surface area contributed by atoms with Gasteiger partial charge in [0.15, 0.2) is 0 Å². The van der Waals surface area contributed by atoms with Crippen LogP contribution in [-0.4, -0.2) is 30.5 Å². The van der Waals surface area contributed by atoms with Crippen LogP contribution in [0.1, 0.15) is 19.4 Å². The average molecular weight is 341 g/mol. The summed E-state index contributed by atoms with van der Waals surface area (Å²) in [5.74, 6) is -0.0780. The van der Waals surface area contributed by atoms with Crippen molar-refractivity contribution in [2.24, 2.45) is 0 Å². The molecule has 2 rings (SSSR count). The number of nitro benzene ring substituents is 1. The molecule has 2 aromatic rings. The molecule has 0 aromatic heterocycles. The van der Waals surface area contributed by atoms with Crippen LogP contribution in [0.5, 0.6) is 0 Å². The lowest BCUT2D eigenvalue weighted by Gasteiger charge is -2.31. The SMILES string of the molecule is Cc1ccccc1N(CC(=O)N(C)c1ccc([N+](=O)[O-])cc1)C(C)C. The van der Waals surface area contributed by atoms with Gasteiger partial charge in [-0.25, -0.2) is 0 Å². The third-order valence-electron chi connectivity index (χ3n) is 4.18. The van der Waals surface area contributed by atoms with Crippen molar-refractivity contribution < 1.29 is 9.72 Å². The van der Waals surface area contributed by atoms with Crippen LogP contribution < -0.4 is 9.80 Å². The van der Waals surface area contributed by atoms with Gasteiger partial charge in [0.1, 0.15) is 0 Å². The zero-order valence-electron chi connectivity index (χ0n) is 15.0. The monoisotopic (exact) mass is 341 g/mol. The molecule has 0 saturated heterocycles. The molecule has 0 aliphatic carbocycles. The van der Waals surface area contributed by atoms with Crippen molar-refractivity contribution >= 4 is 23.0 Å². The molecule has 132 valence electrons. The molecule has 0 atom stereocenters. The normalized spacial score (nSPS) is 10.6. The molecular weight excluding hydrogens is 318 g/mol. The quantitative estimate of drug-likeness (QED) is 0.592. The molecule has 0 bridgehead atoms. The Morgan fingerprint density at radius 1 is 1.12 bits per heavy atom. The van der Waals surface area contributed by atoms with Crippen LogP contribution in [-0.2, 0) is 4.79 Å². The zero-order chi connectivity index (χ0) is 18.6. The Balaban J connectivity index is 2.18. The molecule has 6 nitrogen and oxygen atoms in total. The molecule has 0 N–H and O–H groups in total. The largest absolute Gasteiger partial charge is 0.360 e. The van der Waals surface area contributed by atoms with Gasteiger partial charge in [-0.3, -0.25) is 14.9 Å². The van der Waals surface area contributed by atoms with E-state index in [0.29, 0.717) is 5.69 Å². The first kappa shape index (κ1) is 18.4. The van der Waals surface area contributed by atoms with Gasteiger partial charge in [0.2, 0.25) is 5.91 Å². The lowest BCUT2D eigenvalue weighted by atomic mass is 10.1. The number of amides is 1. The Hall–Kier alpha value is -2.89. The zero-order valence-corrected chi connectivity index (χ0v) is 15.0. The lowest BCUT2D eigenvalue weighted by Crippen LogP contribution is -2.42. The number of aryl methyl sites for hydroxylation is 1. The van der Waals surface area contributed by atoms with E-state index in [0.717, 1.165) is 11.3 Å². The number of rotatable bonds is 6. The van der Waals surface area contributed by atoms with Gasteiger partial charge in [0, 0.05) is 36.6 Å². The number of non-ortho nitro benzene ring substituents is 1. The summed E-state index contributed by atoms with van der Waals surface area (Å²) in [6.45, 7) is 6.35. The van der Waals surface area contributed by atoms with E-state index in [2.05, 4.69) is 4.90 Å². The van der Waals surface area contributed by atoms with Gasteiger partial charge in [-0.05, 0) is 44.5 Å². The van der Waals surface area contributed by atoms with E-state index in [1.54, 1.807) is 19.2 Å². The van der Waals surface area contributed by atoms with Crippen LogP contribution in [0.25, 0.3) is 0 Å². The number of para-hydroxylation sites is 1. The van der Waals surface area contributed by atoms with E-state index < -0.39 is 4.92 Å². The van der Waals surface area contributed by atoms with E-state index in [1.807, 2.05) is 45.0 Å². The molecule has 0 spiro atoms. The summed E-state index contributed by atoms with van der Waals surface area (Å²) in [5.41, 5.74) is 2.78. The van der Waals surface area contributed by atoms with Gasteiger partial charge in [-0.1, -0.05) is 18.2 Å². The van der Waals surface area contributed by atoms with Gasteiger partial charge >= 0.3 is 0 Å². The second-order valence-electron chi connectivity index (χ2n) is 6.23. The predicted octanol–water partition coefficient (Wildman–Crippen LogP) is 3.78. The Morgan fingerprint density at radius 3 is 2.24 bits per heavy atom. The maximum Gasteiger partial charge on any atom is 0.269 e. The van der Waals surface area contributed by atoms with Crippen molar-refractivity contribution in [1.29, 1.82) is 0 Å². The molecule has 6 heteroatoms. The molecular formula is C19H23N3O3. The van der Waals surface area contributed by atoms with E-state index in [4.69, 9.17) is 0 Å². The van der Waals surface area contributed by atoms with Gasteiger partial charge in [-0.15, -0.1) is 0 Å². The van der Waals surface area contributed by atoms with Gasteiger partial charge in [0.25, 0.3) is 5.69 Å². The van der Waals surface area contributed by atoms with Crippen LogP contribution in [0.4, 0.5) is 17.1 Å². The highest BCUT2D eigenvalue weighted by Gasteiger charge is 2.20. The number of hydrogen-bond acceptors (Lipinski definition) is 4. The number of anilines is 2. The minimum absolute atomic E-state index is 0.00770. The van der Waals surface area contributed by atoms with Crippen LogP contribution in [0.2, 0.25) is 0 Å². The molecule has 0 aliphatic rings.